The Labute approximate surface area is 162 Å². The number of hydrogen-bond acceptors (Lipinski definition) is 5. The van der Waals surface area contributed by atoms with Crippen molar-refractivity contribution in [3.8, 4) is 11.5 Å². The molecule has 3 rings (SSSR count). The van der Waals surface area contributed by atoms with Crippen LogP contribution >= 0.6 is 0 Å². The number of methoxy groups -OCH3 is 2. The third-order valence-corrected chi connectivity index (χ3v) is 4.42. The number of anilines is 1. The van der Waals surface area contributed by atoms with Crippen molar-refractivity contribution in [1.82, 2.24) is 4.90 Å². The zero-order valence-electron chi connectivity index (χ0n) is 16.2. The number of hydrogen-bond donors (Lipinski definition) is 1. The molecule has 0 aliphatic carbocycles. The van der Waals surface area contributed by atoms with Crippen molar-refractivity contribution in [2.24, 2.45) is 0 Å². The normalized spacial score (nSPS) is 10.6. The summed E-state index contributed by atoms with van der Waals surface area (Å²) in [5.74, 6) is 0.838. The van der Waals surface area contributed by atoms with Crippen LogP contribution in [0.3, 0.4) is 0 Å². The van der Waals surface area contributed by atoms with Gasteiger partial charge < -0.3 is 24.1 Å². The number of carbonyl (C=O) groups is 2. The fraction of sp³-hybridized carbons (Fsp3) is 0.238. The Morgan fingerprint density at radius 3 is 2.50 bits per heavy atom. The number of amides is 2. The van der Waals surface area contributed by atoms with E-state index in [0.717, 1.165) is 5.39 Å². The third kappa shape index (κ3) is 3.93. The number of likely N-dealkylation sites (N-methyl/N-ethyl adjacent to an activating group) is 1. The van der Waals surface area contributed by atoms with Crippen molar-refractivity contribution in [2.45, 2.75) is 6.92 Å². The van der Waals surface area contributed by atoms with E-state index >= 15 is 0 Å². The second-order valence-corrected chi connectivity index (χ2v) is 6.36. The summed E-state index contributed by atoms with van der Waals surface area (Å²) in [5.41, 5.74) is 1.90. The minimum atomic E-state index is -0.367. The Morgan fingerprint density at radius 2 is 1.79 bits per heavy atom. The van der Waals surface area contributed by atoms with Gasteiger partial charge >= 0.3 is 0 Å². The standard InChI is InChI=1S/C21H22N2O5/c1-13-17-11-16(27-4)8-9-18(17)28-20(13)21(25)23(2)12-19(24)22-14-6-5-7-15(10-14)26-3/h5-11H,12H2,1-4H3,(H,22,24). The Bertz CT molecular complexity index is 1020. The molecule has 7 heteroatoms. The smallest absolute Gasteiger partial charge is 0.290 e. The molecule has 0 aliphatic heterocycles. The summed E-state index contributed by atoms with van der Waals surface area (Å²) in [7, 11) is 4.69. The van der Waals surface area contributed by atoms with Gasteiger partial charge in [-0.15, -0.1) is 0 Å². The summed E-state index contributed by atoms with van der Waals surface area (Å²) < 4.78 is 16.1. The number of furan rings is 1. The second-order valence-electron chi connectivity index (χ2n) is 6.36. The van der Waals surface area contributed by atoms with Gasteiger partial charge in [-0.25, -0.2) is 0 Å². The maximum atomic E-state index is 12.8. The van der Waals surface area contributed by atoms with Crippen LogP contribution < -0.4 is 14.8 Å². The fourth-order valence-electron chi connectivity index (χ4n) is 2.89. The third-order valence-electron chi connectivity index (χ3n) is 4.42. The molecular formula is C21H22N2O5. The maximum Gasteiger partial charge on any atom is 0.290 e. The van der Waals surface area contributed by atoms with Crippen LogP contribution in [0.4, 0.5) is 5.69 Å². The lowest BCUT2D eigenvalue weighted by Gasteiger charge is -2.16. The molecule has 0 radical (unpaired) electrons. The maximum absolute atomic E-state index is 12.8. The highest BCUT2D eigenvalue weighted by molar-refractivity contribution is 6.01. The summed E-state index contributed by atoms with van der Waals surface area (Å²) >= 11 is 0. The quantitative estimate of drug-likeness (QED) is 0.706. The first-order chi connectivity index (χ1) is 13.4. The van der Waals surface area contributed by atoms with Gasteiger partial charge in [-0.05, 0) is 37.3 Å². The first-order valence-electron chi connectivity index (χ1n) is 8.69. The molecule has 1 N–H and O–H groups in total. The highest BCUT2D eigenvalue weighted by atomic mass is 16.5. The van der Waals surface area contributed by atoms with E-state index in [-0.39, 0.29) is 24.1 Å². The molecule has 7 nitrogen and oxygen atoms in total. The molecule has 2 amide bonds. The lowest BCUT2D eigenvalue weighted by molar-refractivity contribution is -0.116. The van der Waals surface area contributed by atoms with Crippen molar-refractivity contribution in [3.05, 3.63) is 53.8 Å². The summed E-state index contributed by atoms with van der Waals surface area (Å²) in [4.78, 5) is 26.4. The molecule has 0 unspecified atom stereocenters. The number of nitrogens with zero attached hydrogens (tertiary/aromatic N) is 1. The molecular weight excluding hydrogens is 360 g/mol. The van der Waals surface area contributed by atoms with E-state index in [2.05, 4.69) is 5.32 Å². The minimum Gasteiger partial charge on any atom is -0.497 e. The van der Waals surface area contributed by atoms with Crippen LogP contribution in [-0.2, 0) is 4.79 Å². The molecule has 0 bridgehead atoms. The molecule has 3 aromatic rings. The molecule has 2 aromatic carbocycles. The molecule has 0 spiro atoms. The van der Waals surface area contributed by atoms with E-state index < -0.39 is 0 Å². The van der Waals surface area contributed by atoms with Gasteiger partial charge in [-0.2, -0.15) is 0 Å². The summed E-state index contributed by atoms with van der Waals surface area (Å²) in [6, 6.07) is 12.4. The van der Waals surface area contributed by atoms with E-state index in [4.69, 9.17) is 13.9 Å². The largest absolute Gasteiger partial charge is 0.497 e. The number of fused-ring (bicyclic) bond motifs is 1. The zero-order chi connectivity index (χ0) is 20.3. The van der Waals surface area contributed by atoms with Gasteiger partial charge in [0.15, 0.2) is 5.76 Å². The summed E-state index contributed by atoms with van der Waals surface area (Å²) in [6.07, 6.45) is 0. The van der Waals surface area contributed by atoms with Crippen molar-refractivity contribution in [2.75, 3.05) is 33.1 Å². The lowest BCUT2D eigenvalue weighted by atomic mass is 10.1. The van der Waals surface area contributed by atoms with Gasteiger partial charge in [0.2, 0.25) is 5.91 Å². The van der Waals surface area contributed by atoms with E-state index in [1.54, 1.807) is 57.7 Å². The average Bonchev–Trinajstić information content (AvgIpc) is 3.03. The van der Waals surface area contributed by atoms with Gasteiger partial charge in [0.1, 0.15) is 17.1 Å². The van der Waals surface area contributed by atoms with Crippen LogP contribution in [0.2, 0.25) is 0 Å². The predicted molar refractivity (Wildman–Crippen MR) is 106 cm³/mol. The fourth-order valence-corrected chi connectivity index (χ4v) is 2.89. The summed E-state index contributed by atoms with van der Waals surface area (Å²) in [6.45, 7) is 1.69. The number of carbonyl (C=O) groups excluding carboxylic acids is 2. The number of benzene rings is 2. The van der Waals surface area contributed by atoms with Gasteiger partial charge in [-0.3, -0.25) is 9.59 Å². The molecule has 0 aliphatic rings. The zero-order valence-corrected chi connectivity index (χ0v) is 16.2. The number of nitrogens with one attached hydrogen (secondary N) is 1. The van der Waals surface area contributed by atoms with Gasteiger partial charge in [0, 0.05) is 29.8 Å². The van der Waals surface area contributed by atoms with Crippen LogP contribution in [0.1, 0.15) is 16.1 Å². The molecule has 0 saturated heterocycles. The number of aryl methyl sites for hydroxylation is 1. The van der Waals surface area contributed by atoms with Crippen LogP contribution in [0.25, 0.3) is 11.0 Å². The number of rotatable bonds is 6. The van der Waals surface area contributed by atoms with Crippen molar-refractivity contribution < 1.29 is 23.5 Å². The molecule has 1 heterocycles. The first kappa shape index (κ1) is 19.3. The predicted octanol–water partition coefficient (Wildman–Crippen LogP) is 3.47. The van der Waals surface area contributed by atoms with E-state index in [0.29, 0.717) is 28.3 Å². The van der Waals surface area contributed by atoms with Gasteiger partial charge in [-0.1, -0.05) is 6.07 Å². The van der Waals surface area contributed by atoms with E-state index in [9.17, 15) is 9.59 Å². The molecule has 1 aromatic heterocycles. The molecule has 0 fully saturated rings. The van der Waals surface area contributed by atoms with Crippen LogP contribution in [-0.4, -0.2) is 44.5 Å². The Morgan fingerprint density at radius 1 is 1.07 bits per heavy atom. The van der Waals surface area contributed by atoms with E-state index in [1.165, 1.54) is 4.90 Å². The van der Waals surface area contributed by atoms with Crippen molar-refractivity contribution in [3.63, 3.8) is 0 Å². The van der Waals surface area contributed by atoms with Gasteiger partial charge in [0.25, 0.3) is 5.91 Å². The summed E-state index contributed by atoms with van der Waals surface area (Å²) in [5, 5.41) is 3.55. The molecule has 0 saturated carbocycles. The van der Waals surface area contributed by atoms with Crippen LogP contribution in [0, 0.1) is 6.92 Å². The Hall–Kier alpha value is -3.48. The Balaban J connectivity index is 1.72. The first-order valence-corrected chi connectivity index (χ1v) is 8.69. The topological polar surface area (TPSA) is 81.0 Å². The minimum absolute atomic E-state index is 0.115. The van der Waals surface area contributed by atoms with Crippen molar-refractivity contribution in [1.29, 1.82) is 0 Å². The van der Waals surface area contributed by atoms with E-state index in [1.807, 2.05) is 13.0 Å². The average molecular weight is 382 g/mol. The SMILES string of the molecule is COc1cccc(NC(=O)CN(C)C(=O)c2oc3ccc(OC)cc3c2C)c1. The molecule has 146 valence electrons. The van der Waals surface area contributed by atoms with Crippen LogP contribution in [0.5, 0.6) is 11.5 Å². The molecule has 0 atom stereocenters. The lowest BCUT2D eigenvalue weighted by Crippen LogP contribution is -2.35. The molecule has 28 heavy (non-hydrogen) atoms. The van der Waals surface area contributed by atoms with Crippen LogP contribution in [0.15, 0.2) is 46.9 Å². The highest BCUT2D eigenvalue weighted by Gasteiger charge is 2.23. The Kier molecular flexibility index (Phi) is 5.54. The highest BCUT2D eigenvalue weighted by Crippen LogP contribution is 2.29. The monoisotopic (exact) mass is 382 g/mol. The second kappa shape index (κ2) is 8.04. The van der Waals surface area contributed by atoms with Crippen molar-refractivity contribution >= 4 is 28.5 Å². The number of ether oxygens (including phenoxy) is 2. The van der Waals surface area contributed by atoms with Gasteiger partial charge in [0.05, 0.1) is 20.8 Å².